The highest BCUT2D eigenvalue weighted by Crippen LogP contribution is 2.37. The van der Waals surface area contributed by atoms with E-state index in [4.69, 9.17) is 4.74 Å². The number of nitrogens with zero attached hydrogens (tertiary/aromatic N) is 2. The Balaban J connectivity index is 1.70. The van der Waals surface area contributed by atoms with Crippen molar-refractivity contribution in [2.45, 2.75) is 25.1 Å². The summed E-state index contributed by atoms with van der Waals surface area (Å²) in [5.41, 5.74) is 2.47. The largest absolute Gasteiger partial charge is 0.480 e. The molecule has 4 rings (SSSR count). The number of hydrogen-bond donors (Lipinski definition) is 2. The van der Waals surface area contributed by atoms with Gasteiger partial charge in [0.25, 0.3) is 0 Å². The number of carboxylic acids is 1. The molecule has 0 radical (unpaired) electrons. The van der Waals surface area contributed by atoms with E-state index in [1.165, 1.54) is 35.5 Å². The average Bonchev–Trinajstić information content (AvgIpc) is 3.20. The number of fused-ring (bicyclic) bond motifs is 1. The van der Waals surface area contributed by atoms with Gasteiger partial charge >= 0.3 is 12.1 Å². The number of rotatable bonds is 4. The number of imidazole rings is 1. The number of ether oxygens (including phenoxy) is 1. The molecule has 29 heavy (non-hydrogen) atoms. The average molecular weight is 395 g/mol. The molecule has 7 nitrogen and oxygen atoms in total. The summed E-state index contributed by atoms with van der Waals surface area (Å²) < 4.78 is 18.9. The molecule has 3 aromatic rings. The molecule has 2 atom stereocenters. The third-order valence-electron chi connectivity index (χ3n) is 4.91. The summed E-state index contributed by atoms with van der Waals surface area (Å²) in [6.45, 7) is 0.00602. The number of benzene rings is 2. The highest BCUT2D eigenvalue weighted by molar-refractivity contribution is 5.82. The molecule has 0 fully saturated rings. The van der Waals surface area contributed by atoms with Gasteiger partial charge in [0.05, 0.1) is 12.0 Å². The quantitative estimate of drug-likeness (QED) is 0.707. The van der Waals surface area contributed by atoms with Gasteiger partial charge in [0.1, 0.15) is 24.5 Å². The smallest absolute Gasteiger partial charge is 0.411 e. The van der Waals surface area contributed by atoms with Gasteiger partial charge in [-0.15, -0.1) is 0 Å². The van der Waals surface area contributed by atoms with E-state index in [2.05, 4.69) is 9.97 Å². The van der Waals surface area contributed by atoms with E-state index in [1.54, 1.807) is 12.1 Å². The van der Waals surface area contributed by atoms with E-state index in [0.29, 0.717) is 17.0 Å². The zero-order chi connectivity index (χ0) is 20.4. The Morgan fingerprint density at radius 3 is 2.59 bits per heavy atom. The molecule has 2 unspecified atom stereocenters. The first-order valence-corrected chi connectivity index (χ1v) is 9.04. The van der Waals surface area contributed by atoms with Crippen LogP contribution in [0.5, 0.6) is 0 Å². The molecule has 0 aliphatic carbocycles. The van der Waals surface area contributed by atoms with Crippen molar-refractivity contribution in [2.24, 2.45) is 0 Å². The molecule has 1 aliphatic rings. The van der Waals surface area contributed by atoms with Gasteiger partial charge in [-0.25, -0.2) is 19.0 Å². The predicted octanol–water partition coefficient (Wildman–Crippen LogP) is 3.29. The summed E-state index contributed by atoms with van der Waals surface area (Å²) in [5.74, 6) is -1.59. The van der Waals surface area contributed by atoms with E-state index in [9.17, 15) is 19.1 Å². The number of amides is 1. The lowest BCUT2D eigenvalue weighted by molar-refractivity contribution is -0.143. The number of carbonyl (C=O) groups is 2. The van der Waals surface area contributed by atoms with Crippen molar-refractivity contribution in [3.05, 3.63) is 89.3 Å². The van der Waals surface area contributed by atoms with Gasteiger partial charge in [-0.1, -0.05) is 42.5 Å². The Hall–Kier alpha value is -3.68. The van der Waals surface area contributed by atoms with Crippen molar-refractivity contribution in [1.29, 1.82) is 0 Å². The van der Waals surface area contributed by atoms with Crippen molar-refractivity contribution >= 4 is 12.1 Å². The van der Waals surface area contributed by atoms with Gasteiger partial charge in [-0.05, 0) is 23.3 Å². The Morgan fingerprint density at radius 2 is 1.90 bits per heavy atom. The summed E-state index contributed by atoms with van der Waals surface area (Å²) >= 11 is 0. The molecule has 2 N–H and O–H groups in total. The Kier molecular flexibility index (Phi) is 4.99. The summed E-state index contributed by atoms with van der Waals surface area (Å²) in [7, 11) is 0. The molecular formula is C21H18FN3O4. The number of carboxylic acid groups (broad SMARTS) is 1. The second-order valence-electron chi connectivity index (χ2n) is 6.73. The molecule has 0 spiro atoms. The topological polar surface area (TPSA) is 95.5 Å². The lowest BCUT2D eigenvalue weighted by atomic mass is 9.91. The minimum Gasteiger partial charge on any atom is -0.480 e. The van der Waals surface area contributed by atoms with Crippen molar-refractivity contribution in [2.75, 3.05) is 0 Å². The van der Waals surface area contributed by atoms with E-state index in [0.717, 1.165) is 5.56 Å². The fourth-order valence-corrected chi connectivity index (χ4v) is 3.53. The third kappa shape index (κ3) is 3.69. The van der Waals surface area contributed by atoms with Crippen LogP contribution in [0.15, 0.2) is 60.9 Å². The van der Waals surface area contributed by atoms with Crippen LogP contribution < -0.4 is 0 Å². The molecule has 148 valence electrons. The maximum atomic E-state index is 13.4. The molecule has 1 aromatic heterocycles. The normalized spacial score (nSPS) is 18.2. The minimum atomic E-state index is -1.16. The molecule has 8 heteroatoms. The first kappa shape index (κ1) is 18.7. The Bertz CT molecular complexity index is 1020. The van der Waals surface area contributed by atoms with Crippen LogP contribution in [0, 0.1) is 5.82 Å². The number of aliphatic carboxylic acids is 1. The number of carbonyl (C=O) groups excluding carboxylic acids is 1. The predicted molar refractivity (Wildman–Crippen MR) is 100 cm³/mol. The van der Waals surface area contributed by atoms with Crippen LogP contribution in [-0.4, -0.2) is 38.1 Å². The summed E-state index contributed by atoms with van der Waals surface area (Å²) in [6, 6.07) is 12.7. The van der Waals surface area contributed by atoms with Crippen LogP contribution in [0.25, 0.3) is 0 Å². The van der Waals surface area contributed by atoms with E-state index in [1.807, 2.05) is 18.2 Å². The second-order valence-corrected chi connectivity index (χ2v) is 6.73. The van der Waals surface area contributed by atoms with Crippen molar-refractivity contribution in [1.82, 2.24) is 14.9 Å². The minimum absolute atomic E-state index is 0.00602. The summed E-state index contributed by atoms with van der Waals surface area (Å²) in [4.78, 5) is 33.4. The van der Waals surface area contributed by atoms with E-state index < -0.39 is 30.0 Å². The highest BCUT2D eigenvalue weighted by Gasteiger charge is 2.44. The standard InChI is InChI=1S/C21H18FN3O4/c22-15-8-6-14(7-9-15)19-18-16(23-12-24-18)10-17(20(26)27)25(19)21(28)29-11-13-4-2-1-3-5-13/h1-9,12,17,19H,10-11H2,(H,23,24)(H,26,27). The number of aromatic nitrogens is 2. The van der Waals surface area contributed by atoms with Crippen molar-refractivity contribution in [3.63, 3.8) is 0 Å². The molecule has 2 heterocycles. The van der Waals surface area contributed by atoms with E-state index in [-0.39, 0.29) is 13.0 Å². The van der Waals surface area contributed by atoms with Crippen LogP contribution in [0.4, 0.5) is 9.18 Å². The number of halogens is 1. The maximum Gasteiger partial charge on any atom is 0.411 e. The lowest BCUT2D eigenvalue weighted by Crippen LogP contribution is -2.51. The van der Waals surface area contributed by atoms with Gasteiger partial charge in [0, 0.05) is 12.1 Å². The first-order valence-electron chi connectivity index (χ1n) is 9.04. The number of nitrogens with one attached hydrogen (secondary N) is 1. The lowest BCUT2D eigenvalue weighted by Gasteiger charge is -2.38. The van der Waals surface area contributed by atoms with Gasteiger partial charge in [-0.2, -0.15) is 0 Å². The van der Waals surface area contributed by atoms with Crippen LogP contribution in [-0.2, 0) is 22.6 Å². The van der Waals surface area contributed by atoms with Crippen LogP contribution >= 0.6 is 0 Å². The SMILES string of the molecule is O=C(O)C1Cc2[nH]cnc2C(c2ccc(F)cc2)N1C(=O)OCc1ccccc1. The van der Waals surface area contributed by atoms with Gasteiger partial charge in [-0.3, -0.25) is 4.90 Å². The molecule has 0 saturated heterocycles. The Morgan fingerprint density at radius 1 is 1.17 bits per heavy atom. The van der Waals surface area contributed by atoms with Crippen LogP contribution in [0.3, 0.4) is 0 Å². The van der Waals surface area contributed by atoms with E-state index >= 15 is 0 Å². The molecule has 1 amide bonds. The summed E-state index contributed by atoms with van der Waals surface area (Å²) in [5, 5.41) is 9.77. The van der Waals surface area contributed by atoms with Crippen molar-refractivity contribution < 1.29 is 23.8 Å². The zero-order valence-corrected chi connectivity index (χ0v) is 15.3. The van der Waals surface area contributed by atoms with Crippen LogP contribution in [0.2, 0.25) is 0 Å². The zero-order valence-electron chi connectivity index (χ0n) is 15.3. The maximum absolute atomic E-state index is 13.4. The molecule has 1 aliphatic heterocycles. The summed E-state index contributed by atoms with van der Waals surface area (Å²) in [6.07, 6.45) is 0.756. The van der Waals surface area contributed by atoms with Gasteiger partial charge in [0.2, 0.25) is 0 Å². The third-order valence-corrected chi connectivity index (χ3v) is 4.91. The molecule has 2 aromatic carbocycles. The first-order chi connectivity index (χ1) is 14.0. The fraction of sp³-hybridized carbons (Fsp3) is 0.190. The van der Waals surface area contributed by atoms with Gasteiger partial charge in [0.15, 0.2) is 0 Å². The van der Waals surface area contributed by atoms with Crippen molar-refractivity contribution in [3.8, 4) is 0 Å². The molecule has 0 bridgehead atoms. The Labute approximate surface area is 165 Å². The highest BCUT2D eigenvalue weighted by atomic mass is 19.1. The number of aromatic amines is 1. The molecule has 0 saturated carbocycles. The molecular weight excluding hydrogens is 377 g/mol. The second kappa shape index (κ2) is 7.75. The van der Waals surface area contributed by atoms with Gasteiger partial charge < -0.3 is 14.8 Å². The fourth-order valence-electron chi connectivity index (χ4n) is 3.53. The number of H-pyrrole nitrogens is 1. The monoisotopic (exact) mass is 395 g/mol. The number of hydrogen-bond acceptors (Lipinski definition) is 4. The van der Waals surface area contributed by atoms with Crippen LogP contribution in [0.1, 0.15) is 28.6 Å².